The molecule has 0 aromatic heterocycles. The van der Waals surface area contributed by atoms with Gasteiger partial charge in [-0.2, -0.15) is 0 Å². The Kier molecular flexibility index (Phi) is 4.65. The lowest BCUT2D eigenvalue weighted by Crippen LogP contribution is -2.63. The maximum Gasteiger partial charge on any atom is 0.176 e. The van der Waals surface area contributed by atoms with Gasteiger partial charge >= 0.3 is 0 Å². The predicted molar refractivity (Wildman–Crippen MR) is 53.9 cm³/mol. The summed E-state index contributed by atoms with van der Waals surface area (Å²) in [7, 11) is 0. The minimum Gasteiger partial charge on any atom is -0.388 e. The molecule has 6 nitrogen and oxygen atoms in total. The lowest BCUT2D eigenvalue weighted by atomic mass is 9.97. The molecule has 1 aliphatic heterocycles. The van der Waals surface area contributed by atoms with Crippen LogP contribution in [0.5, 0.6) is 0 Å². The minimum absolute atomic E-state index is 0.0961. The van der Waals surface area contributed by atoms with E-state index in [9.17, 15) is 10.2 Å². The Bertz CT molecular complexity index is 212. The average molecular weight is 218 g/mol. The number of nitrogens with two attached hydrogens (primary N) is 2. The van der Waals surface area contributed by atoms with Crippen LogP contribution in [0.15, 0.2) is 12.7 Å². The topological polar surface area (TPSA) is 111 Å². The third kappa shape index (κ3) is 2.75. The van der Waals surface area contributed by atoms with Crippen LogP contribution in [0.2, 0.25) is 0 Å². The molecule has 0 unspecified atom stereocenters. The molecule has 0 radical (unpaired) electrons. The quantitative estimate of drug-likeness (QED) is 0.403. The van der Waals surface area contributed by atoms with Gasteiger partial charge < -0.3 is 31.2 Å². The maximum absolute atomic E-state index is 9.60. The van der Waals surface area contributed by atoms with Crippen molar-refractivity contribution in [2.24, 2.45) is 11.5 Å². The maximum atomic E-state index is 9.60. The number of hydrogen-bond acceptors (Lipinski definition) is 6. The van der Waals surface area contributed by atoms with Crippen LogP contribution < -0.4 is 11.5 Å². The van der Waals surface area contributed by atoms with Gasteiger partial charge in [0.15, 0.2) is 6.29 Å². The molecule has 0 aromatic rings. The van der Waals surface area contributed by atoms with E-state index in [1.165, 1.54) is 0 Å². The van der Waals surface area contributed by atoms with Crippen LogP contribution in [0.4, 0.5) is 0 Å². The second-order valence-electron chi connectivity index (χ2n) is 3.46. The fourth-order valence-corrected chi connectivity index (χ4v) is 1.46. The van der Waals surface area contributed by atoms with Crippen LogP contribution in [-0.2, 0) is 9.47 Å². The van der Waals surface area contributed by atoms with Gasteiger partial charge in [-0.25, -0.2) is 0 Å². The first-order valence-electron chi connectivity index (χ1n) is 4.81. The molecule has 1 heterocycles. The molecular weight excluding hydrogens is 200 g/mol. The molecule has 0 amide bonds. The van der Waals surface area contributed by atoms with Gasteiger partial charge in [0.2, 0.25) is 0 Å². The fourth-order valence-electron chi connectivity index (χ4n) is 1.46. The van der Waals surface area contributed by atoms with Crippen LogP contribution in [0.3, 0.4) is 0 Å². The first-order valence-corrected chi connectivity index (χ1v) is 4.81. The van der Waals surface area contributed by atoms with Crippen molar-refractivity contribution in [3.8, 4) is 0 Å². The molecule has 0 aliphatic carbocycles. The Labute approximate surface area is 88.5 Å². The van der Waals surface area contributed by atoms with Crippen molar-refractivity contribution in [3.05, 3.63) is 12.7 Å². The van der Waals surface area contributed by atoms with E-state index in [-0.39, 0.29) is 13.2 Å². The number of ether oxygens (including phenoxy) is 2. The van der Waals surface area contributed by atoms with Gasteiger partial charge in [-0.1, -0.05) is 6.08 Å². The van der Waals surface area contributed by atoms with Gasteiger partial charge in [0.25, 0.3) is 0 Å². The first kappa shape index (κ1) is 12.6. The summed E-state index contributed by atoms with van der Waals surface area (Å²) in [5.74, 6) is 0. The molecule has 1 fully saturated rings. The molecule has 15 heavy (non-hydrogen) atoms. The van der Waals surface area contributed by atoms with Gasteiger partial charge in [-0.3, -0.25) is 0 Å². The molecule has 5 atom stereocenters. The highest BCUT2D eigenvalue weighted by Crippen LogP contribution is 2.20. The molecule has 0 bridgehead atoms. The normalized spacial score (nSPS) is 41.5. The van der Waals surface area contributed by atoms with Crippen LogP contribution >= 0.6 is 0 Å². The third-order valence-corrected chi connectivity index (χ3v) is 2.36. The molecule has 0 saturated carbocycles. The number of rotatable bonds is 4. The third-order valence-electron chi connectivity index (χ3n) is 2.36. The van der Waals surface area contributed by atoms with Gasteiger partial charge in [-0.05, 0) is 0 Å². The Morgan fingerprint density at radius 2 is 2.07 bits per heavy atom. The summed E-state index contributed by atoms with van der Waals surface area (Å²) < 4.78 is 10.5. The largest absolute Gasteiger partial charge is 0.388 e. The highest BCUT2D eigenvalue weighted by atomic mass is 16.7. The van der Waals surface area contributed by atoms with Crippen molar-refractivity contribution < 1.29 is 19.7 Å². The summed E-state index contributed by atoms with van der Waals surface area (Å²) in [5, 5.41) is 19.1. The molecule has 88 valence electrons. The smallest absolute Gasteiger partial charge is 0.176 e. The fraction of sp³-hybridized carbons (Fsp3) is 0.778. The van der Waals surface area contributed by atoms with Crippen LogP contribution in [0, 0.1) is 0 Å². The second kappa shape index (κ2) is 5.55. The van der Waals surface area contributed by atoms with Gasteiger partial charge in [0.05, 0.1) is 12.6 Å². The van der Waals surface area contributed by atoms with E-state index >= 15 is 0 Å². The van der Waals surface area contributed by atoms with Crippen LogP contribution in [0.25, 0.3) is 0 Å². The summed E-state index contributed by atoms with van der Waals surface area (Å²) in [6.07, 6.45) is -2.05. The van der Waals surface area contributed by atoms with E-state index in [1.807, 2.05) is 0 Å². The summed E-state index contributed by atoms with van der Waals surface area (Å²) in [6.45, 7) is 3.84. The lowest BCUT2D eigenvalue weighted by molar-refractivity contribution is -0.253. The summed E-state index contributed by atoms with van der Waals surface area (Å²) in [4.78, 5) is 0. The molecular formula is C9H18N2O4. The van der Waals surface area contributed by atoms with Gasteiger partial charge in [0.1, 0.15) is 18.3 Å². The molecule has 6 N–H and O–H groups in total. The Morgan fingerprint density at radius 3 is 2.60 bits per heavy atom. The van der Waals surface area contributed by atoms with Crippen molar-refractivity contribution in [2.45, 2.75) is 30.6 Å². The van der Waals surface area contributed by atoms with Crippen molar-refractivity contribution in [2.75, 3.05) is 13.2 Å². The van der Waals surface area contributed by atoms with Crippen LogP contribution in [0.1, 0.15) is 0 Å². The monoisotopic (exact) mass is 218 g/mol. The Morgan fingerprint density at radius 1 is 1.40 bits per heavy atom. The highest BCUT2D eigenvalue weighted by molar-refractivity contribution is 4.92. The number of hydrogen-bond donors (Lipinski definition) is 4. The zero-order valence-electron chi connectivity index (χ0n) is 8.45. The summed E-state index contributed by atoms with van der Waals surface area (Å²) in [5.41, 5.74) is 11.0. The van der Waals surface area contributed by atoms with E-state index in [0.717, 1.165) is 0 Å². The van der Waals surface area contributed by atoms with Crippen molar-refractivity contribution in [1.82, 2.24) is 0 Å². The number of aliphatic hydroxyl groups is 2. The Hall–Kier alpha value is -0.500. The van der Waals surface area contributed by atoms with Crippen molar-refractivity contribution >= 4 is 0 Å². The lowest BCUT2D eigenvalue weighted by Gasteiger charge is -2.40. The zero-order valence-corrected chi connectivity index (χ0v) is 8.45. The second-order valence-corrected chi connectivity index (χ2v) is 3.46. The molecule has 1 saturated heterocycles. The van der Waals surface area contributed by atoms with Crippen LogP contribution in [-0.4, -0.2) is 54.0 Å². The van der Waals surface area contributed by atoms with Crippen molar-refractivity contribution in [1.29, 1.82) is 0 Å². The highest BCUT2D eigenvalue weighted by Gasteiger charge is 2.42. The standard InChI is InChI=1S/C9H18N2O4/c1-2-3-14-9-6(11)8(13)7(12)5(4-10)15-9/h2,5-9,12-13H,1,3-4,10-11H2/t5-,6+,7-,8-,9+/m1/s1. The number of aliphatic hydroxyl groups excluding tert-OH is 2. The molecule has 0 aromatic carbocycles. The minimum atomic E-state index is -1.10. The van der Waals surface area contributed by atoms with E-state index in [4.69, 9.17) is 20.9 Å². The molecule has 1 rings (SSSR count). The van der Waals surface area contributed by atoms with E-state index in [0.29, 0.717) is 0 Å². The van der Waals surface area contributed by atoms with E-state index in [1.54, 1.807) is 6.08 Å². The summed E-state index contributed by atoms with van der Waals surface area (Å²) >= 11 is 0. The molecule has 1 aliphatic rings. The van der Waals surface area contributed by atoms with Crippen molar-refractivity contribution in [3.63, 3.8) is 0 Å². The first-order chi connectivity index (χ1) is 7.11. The van der Waals surface area contributed by atoms with Gasteiger partial charge in [0, 0.05) is 6.54 Å². The van der Waals surface area contributed by atoms with Gasteiger partial charge in [-0.15, -0.1) is 6.58 Å². The SMILES string of the molecule is C=CCO[C@H]1O[C@H](CN)[C@@H](O)[C@H](O)[C@@H]1N. The van der Waals surface area contributed by atoms with E-state index < -0.39 is 30.6 Å². The molecule has 6 heteroatoms. The predicted octanol–water partition coefficient (Wildman–Crippen LogP) is -2.08. The average Bonchev–Trinajstić information content (AvgIpc) is 2.25. The Balaban J connectivity index is 2.60. The molecule has 0 spiro atoms. The zero-order chi connectivity index (χ0) is 11.4. The van der Waals surface area contributed by atoms with E-state index in [2.05, 4.69) is 6.58 Å². The summed E-state index contributed by atoms with van der Waals surface area (Å²) in [6, 6.07) is -0.789.